The van der Waals surface area contributed by atoms with Crippen molar-refractivity contribution in [2.75, 3.05) is 7.05 Å². The van der Waals surface area contributed by atoms with E-state index in [1.807, 2.05) is 0 Å². The molecule has 13 heteroatoms. The molecule has 0 bridgehead atoms. The minimum Gasteiger partial charge on any atom is -0.359 e. The normalized spacial score (nSPS) is 19.9. The summed E-state index contributed by atoms with van der Waals surface area (Å²) in [5.74, 6) is -0.969. The molecule has 0 radical (unpaired) electrons. The number of alkyl halides is 3. The lowest BCUT2D eigenvalue weighted by molar-refractivity contribution is -0.145. The van der Waals surface area contributed by atoms with Crippen LogP contribution in [0, 0.1) is 0 Å². The summed E-state index contributed by atoms with van der Waals surface area (Å²) in [6, 6.07) is 0.106. The molecule has 3 N–H and O–H groups in total. The molecule has 2 heterocycles. The lowest BCUT2D eigenvalue weighted by Gasteiger charge is -2.25. The van der Waals surface area contributed by atoms with Crippen molar-refractivity contribution in [3.63, 3.8) is 0 Å². The number of hydrogen-bond donors (Lipinski definition) is 2. The second-order valence-corrected chi connectivity index (χ2v) is 6.62. The van der Waals surface area contributed by atoms with Gasteiger partial charge in [-0.15, -0.1) is 22.6 Å². The van der Waals surface area contributed by atoms with Gasteiger partial charge in [0.2, 0.25) is 5.91 Å². The SMILES string of the molecule is CNC(=O)Cc1nc(C2CCC(N)CC2)n(-c2nc(C(F)(F)F)nn2C)n1.Cl. The summed E-state index contributed by atoms with van der Waals surface area (Å²) in [5, 5.41) is 10.2. The van der Waals surface area contributed by atoms with Gasteiger partial charge >= 0.3 is 6.18 Å². The van der Waals surface area contributed by atoms with Crippen molar-refractivity contribution in [3.8, 4) is 5.95 Å². The zero-order valence-corrected chi connectivity index (χ0v) is 16.2. The molecular formula is C15H22ClF3N8O. The van der Waals surface area contributed by atoms with Gasteiger partial charge in [0, 0.05) is 26.1 Å². The molecule has 9 nitrogen and oxygen atoms in total. The van der Waals surface area contributed by atoms with Crippen LogP contribution in [0.4, 0.5) is 13.2 Å². The Morgan fingerprint density at radius 1 is 1.21 bits per heavy atom. The van der Waals surface area contributed by atoms with Crippen molar-refractivity contribution in [2.45, 2.75) is 50.2 Å². The van der Waals surface area contributed by atoms with Crippen LogP contribution in [0.2, 0.25) is 0 Å². The molecule has 0 saturated heterocycles. The quantitative estimate of drug-likeness (QED) is 0.762. The smallest absolute Gasteiger partial charge is 0.359 e. The first kappa shape index (κ1) is 22.1. The number of halogens is 4. The Morgan fingerprint density at radius 2 is 1.86 bits per heavy atom. The average molecular weight is 423 g/mol. The predicted molar refractivity (Wildman–Crippen MR) is 95.1 cm³/mol. The van der Waals surface area contributed by atoms with Crippen molar-refractivity contribution in [3.05, 3.63) is 17.5 Å². The zero-order valence-electron chi connectivity index (χ0n) is 15.4. The van der Waals surface area contributed by atoms with Crippen molar-refractivity contribution in [1.29, 1.82) is 0 Å². The molecule has 0 aliphatic heterocycles. The first-order valence-electron chi connectivity index (χ1n) is 8.59. The molecule has 156 valence electrons. The van der Waals surface area contributed by atoms with Gasteiger partial charge in [0.15, 0.2) is 5.82 Å². The molecule has 1 aliphatic rings. The van der Waals surface area contributed by atoms with E-state index in [4.69, 9.17) is 5.73 Å². The van der Waals surface area contributed by atoms with Crippen LogP contribution in [-0.4, -0.2) is 48.5 Å². The molecule has 3 rings (SSSR count). The number of amides is 1. The van der Waals surface area contributed by atoms with E-state index in [1.165, 1.54) is 18.8 Å². The first-order chi connectivity index (χ1) is 12.7. The van der Waals surface area contributed by atoms with Crippen LogP contribution >= 0.6 is 12.4 Å². The van der Waals surface area contributed by atoms with E-state index in [9.17, 15) is 18.0 Å². The summed E-state index contributed by atoms with van der Waals surface area (Å²) >= 11 is 0. The molecule has 1 fully saturated rings. The van der Waals surface area contributed by atoms with E-state index in [0.717, 1.165) is 30.4 Å². The Balaban J connectivity index is 0.00000280. The number of aromatic nitrogens is 6. The van der Waals surface area contributed by atoms with E-state index in [-0.39, 0.29) is 48.5 Å². The number of aryl methyl sites for hydroxylation is 1. The van der Waals surface area contributed by atoms with Crippen LogP contribution in [0.25, 0.3) is 5.95 Å². The summed E-state index contributed by atoms with van der Waals surface area (Å²) in [4.78, 5) is 19.7. The summed E-state index contributed by atoms with van der Waals surface area (Å²) in [7, 11) is 2.85. The third kappa shape index (κ3) is 4.61. The minimum atomic E-state index is -4.67. The van der Waals surface area contributed by atoms with Crippen LogP contribution in [0.1, 0.15) is 49.1 Å². The van der Waals surface area contributed by atoms with Crippen LogP contribution in [0.15, 0.2) is 0 Å². The van der Waals surface area contributed by atoms with Gasteiger partial charge in [-0.1, -0.05) is 0 Å². The Kier molecular flexibility index (Phi) is 6.65. The number of nitrogens with two attached hydrogens (primary N) is 1. The number of carbonyl (C=O) groups excluding carboxylic acids is 1. The number of carbonyl (C=O) groups is 1. The summed E-state index contributed by atoms with van der Waals surface area (Å²) in [5.41, 5.74) is 5.94. The topological polar surface area (TPSA) is 117 Å². The Bertz CT molecular complexity index is 826. The molecular weight excluding hydrogens is 401 g/mol. The molecule has 1 amide bonds. The van der Waals surface area contributed by atoms with Gasteiger partial charge in [0.1, 0.15) is 5.82 Å². The molecule has 0 aromatic carbocycles. The van der Waals surface area contributed by atoms with Crippen molar-refractivity contribution in [1.82, 2.24) is 34.8 Å². The predicted octanol–water partition coefficient (Wildman–Crippen LogP) is 1.11. The van der Waals surface area contributed by atoms with Gasteiger partial charge in [-0.2, -0.15) is 22.8 Å². The number of nitrogens with one attached hydrogen (secondary N) is 1. The third-order valence-corrected chi connectivity index (χ3v) is 4.59. The minimum absolute atomic E-state index is 0. The molecule has 0 spiro atoms. The molecule has 28 heavy (non-hydrogen) atoms. The van der Waals surface area contributed by atoms with Crippen LogP contribution in [0.3, 0.4) is 0 Å². The molecule has 2 aromatic rings. The first-order valence-corrected chi connectivity index (χ1v) is 8.59. The molecule has 1 aliphatic carbocycles. The monoisotopic (exact) mass is 422 g/mol. The second kappa shape index (κ2) is 8.43. The molecule has 0 atom stereocenters. The van der Waals surface area contributed by atoms with E-state index >= 15 is 0 Å². The zero-order chi connectivity index (χ0) is 19.8. The van der Waals surface area contributed by atoms with Crippen LogP contribution in [-0.2, 0) is 24.4 Å². The highest BCUT2D eigenvalue weighted by atomic mass is 35.5. The van der Waals surface area contributed by atoms with Gasteiger partial charge in [0.05, 0.1) is 6.42 Å². The largest absolute Gasteiger partial charge is 0.453 e. The Morgan fingerprint density at radius 3 is 2.39 bits per heavy atom. The summed E-state index contributed by atoms with van der Waals surface area (Å²) in [6.45, 7) is 0. The maximum atomic E-state index is 13.0. The lowest BCUT2D eigenvalue weighted by Crippen LogP contribution is -2.27. The van der Waals surface area contributed by atoms with Crippen molar-refractivity contribution >= 4 is 18.3 Å². The number of likely N-dealkylation sites (N-methyl/N-ethyl adjacent to an activating group) is 1. The van der Waals surface area contributed by atoms with Crippen LogP contribution < -0.4 is 11.1 Å². The van der Waals surface area contributed by atoms with Gasteiger partial charge < -0.3 is 11.1 Å². The molecule has 2 aromatic heterocycles. The maximum Gasteiger partial charge on any atom is 0.453 e. The highest BCUT2D eigenvalue weighted by Gasteiger charge is 2.38. The fourth-order valence-corrected chi connectivity index (χ4v) is 3.15. The standard InChI is InChI=1S/C15H21F3N8O.ClH/c1-20-11(27)7-10-21-12(8-3-5-9(19)6-4-8)26(23-10)14-22-13(15(16,17)18)24-25(14)2;/h8-9H,3-7,19H2,1-2H3,(H,20,27);1H. The maximum absolute atomic E-state index is 13.0. The van der Waals surface area contributed by atoms with Gasteiger partial charge in [-0.25, -0.2) is 9.67 Å². The highest BCUT2D eigenvalue weighted by Crippen LogP contribution is 2.33. The number of hydrogen-bond acceptors (Lipinski definition) is 6. The fraction of sp³-hybridized carbons (Fsp3) is 0.667. The Hall–Kier alpha value is -2.21. The number of rotatable bonds is 4. The lowest BCUT2D eigenvalue weighted by atomic mass is 9.86. The molecule has 1 saturated carbocycles. The summed E-state index contributed by atoms with van der Waals surface area (Å²) < 4.78 is 41.2. The highest BCUT2D eigenvalue weighted by molar-refractivity contribution is 5.85. The van der Waals surface area contributed by atoms with E-state index in [1.54, 1.807) is 0 Å². The average Bonchev–Trinajstić information content (AvgIpc) is 3.18. The third-order valence-electron chi connectivity index (χ3n) is 4.59. The molecule has 0 unspecified atom stereocenters. The van der Waals surface area contributed by atoms with E-state index in [0.29, 0.717) is 5.82 Å². The summed E-state index contributed by atoms with van der Waals surface area (Å²) in [6.07, 6.45) is -1.69. The number of nitrogens with zero attached hydrogens (tertiary/aromatic N) is 6. The fourth-order valence-electron chi connectivity index (χ4n) is 3.15. The Labute approximate surface area is 165 Å². The van der Waals surface area contributed by atoms with E-state index < -0.39 is 12.0 Å². The van der Waals surface area contributed by atoms with E-state index in [2.05, 4.69) is 25.5 Å². The van der Waals surface area contributed by atoms with Gasteiger partial charge in [-0.3, -0.25) is 4.79 Å². The van der Waals surface area contributed by atoms with Crippen LogP contribution in [0.5, 0.6) is 0 Å². The van der Waals surface area contributed by atoms with Gasteiger partial charge in [-0.05, 0) is 25.7 Å². The van der Waals surface area contributed by atoms with Gasteiger partial charge in [0.25, 0.3) is 11.8 Å². The van der Waals surface area contributed by atoms with Crippen molar-refractivity contribution < 1.29 is 18.0 Å². The second-order valence-electron chi connectivity index (χ2n) is 6.62. The van der Waals surface area contributed by atoms with Crippen molar-refractivity contribution in [2.24, 2.45) is 12.8 Å².